The molecule has 5 aliphatic rings. The van der Waals surface area contributed by atoms with Crippen molar-refractivity contribution in [2.24, 2.45) is 34.0 Å². The average molecular weight is 376 g/mol. The van der Waals surface area contributed by atoms with Crippen LogP contribution in [0, 0.1) is 34.0 Å². The third-order valence-corrected chi connectivity index (χ3v) is 8.91. The predicted molar refractivity (Wildman–Crippen MR) is 98.7 cm³/mol. The maximum absolute atomic E-state index is 11.7. The fourth-order valence-corrected chi connectivity index (χ4v) is 7.34. The van der Waals surface area contributed by atoms with Crippen LogP contribution in [-0.4, -0.2) is 47.7 Å². The molecule has 0 spiro atoms. The molecule has 9 atom stereocenters. The Balaban J connectivity index is 1.52. The van der Waals surface area contributed by atoms with E-state index in [0.717, 1.165) is 38.7 Å². The summed E-state index contributed by atoms with van der Waals surface area (Å²) in [5, 5.41) is 21.4. The van der Waals surface area contributed by atoms with Crippen molar-refractivity contribution >= 4 is 5.97 Å². The second kappa shape index (κ2) is 5.58. The van der Waals surface area contributed by atoms with Crippen molar-refractivity contribution in [2.75, 3.05) is 13.2 Å². The Morgan fingerprint density at radius 1 is 1.33 bits per heavy atom. The quantitative estimate of drug-likeness (QED) is 0.449. The zero-order chi connectivity index (χ0) is 19.2. The maximum Gasteiger partial charge on any atom is 0.302 e. The number of hydrogen-bond acceptors (Lipinski definition) is 5. The number of carbonyl (C=O) groups is 1. The summed E-state index contributed by atoms with van der Waals surface area (Å²) in [5.41, 5.74) is 1.14. The van der Waals surface area contributed by atoms with Gasteiger partial charge in [-0.05, 0) is 43.4 Å². The molecule has 5 rings (SSSR count). The van der Waals surface area contributed by atoms with E-state index in [1.54, 1.807) is 0 Å². The zero-order valence-electron chi connectivity index (χ0n) is 16.6. The van der Waals surface area contributed by atoms with Crippen molar-refractivity contribution in [3.63, 3.8) is 0 Å². The molecule has 9 unspecified atom stereocenters. The number of ether oxygens (including phenoxy) is 2. The molecule has 27 heavy (non-hydrogen) atoms. The number of aliphatic hydroxyl groups excluding tert-OH is 2. The summed E-state index contributed by atoms with van der Waals surface area (Å²) < 4.78 is 11.3. The van der Waals surface area contributed by atoms with Crippen LogP contribution >= 0.6 is 0 Å². The van der Waals surface area contributed by atoms with Crippen LogP contribution in [0.2, 0.25) is 0 Å². The molecule has 0 aromatic rings. The zero-order valence-corrected chi connectivity index (χ0v) is 16.6. The first-order valence-corrected chi connectivity index (χ1v) is 10.5. The minimum atomic E-state index is -0.359. The molecule has 2 N–H and O–H groups in total. The van der Waals surface area contributed by atoms with Gasteiger partial charge in [0.2, 0.25) is 0 Å². The fraction of sp³-hybridized carbons (Fsp3) is 0.864. The molecule has 0 amide bonds. The summed E-state index contributed by atoms with van der Waals surface area (Å²) in [6.07, 6.45) is 6.61. The first-order chi connectivity index (χ1) is 12.7. The van der Waals surface area contributed by atoms with E-state index >= 15 is 0 Å². The Hall–Kier alpha value is -0.910. The van der Waals surface area contributed by atoms with Crippen molar-refractivity contribution in [2.45, 2.75) is 71.2 Å². The van der Waals surface area contributed by atoms with Gasteiger partial charge in [-0.3, -0.25) is 4.79 Å². The first-order valence-electron chi connectivity index (χ1n) is 10.5. The largest absolute Gasteiger partial charge is 0.462 e. The number of aliphatic hydroxyl groups is 2. The average Bonchev–Trinajstić information content (AvgIpc) is 3.50. The number of carbonyl (C=O) groups excluding carboxylic acids is 1. The molecular formula is C22H32O5. The van der Waals surface area contributed by atoms with Gasteiger partial charge in [0.15, 0.2) is 0 Å². The van der Waals surface area contributed by atoms with Crippen molar-refractivity contribution in [3.05, 3.63) is 11.6 Å². The summed E-state index contributed by atoms with van der Waals surface area (Å²) in [4.78, 5) is 11.7. The molecule has 150 valence electrons. The van der Waals surface area contributed by atoms with E-state index in [1.807, 2.05) is 0 Å². The van der Waals surface area contributed by atoms with Gasteiger partial charge in [0.05, 0.1) is 18.8 Å². The van der Waals surface area contributed by atoms with Crippen molar-refractivity contribution < 1.29 is 24.5 Å². The maximum atomic E-state index is 11.7. The highest BCUT2D eigenvalue weighted by atomic mass is 16.6. The lowest BCUT2D eigenvalue weighted by Crippen LogP contribution is -2.55. The highest BCUT2D eigenvalue weighted by molar-refractivity contribution is 5.66. The SMILES string of the molecule is CC(=O)OC1CC2(C)C3=CCC(C)(C4CO4)CC3C(O)CC2C2(CO)CC12. The molecule has 5 nitrogen and oxygen atoms in total. The molecule has 1 aliphatic heterocycles. The molecule has 0 aromatic carbocycles. The Kier molecular flexibility index (Phi) is 3.75. The minimum Gasteiger partial charge on any atom is -0.462 e. The van der Waals surface area contributed by atoms with Crippen LogP contribution in [-0.2, 0) is 14.3 Å². The Labute approximate surface area is 161 Å². The number of allylic oxidation sites excluding steroid dienone is 1. The molecule has 1 heterocycles. The second-order valence-corrected chi connectivity index (χ2v) is 10.5. The van der Waals surface area contributed by atoms with Gasteiger partial charge in [-0.15, -0.1) is 0 Å². The summed E-state index contributed by atoms with van der Waals surface area (Å²) >= 11 is 0. The molecule has 3 saturated carbocycles. The van der Waals surface area contributed by atoms with Crippen LogP contribution in [0.15, 0.2) is 11.6 Å². The van der Waals surface area contributed by atoms with Gasteiger partial charge in [-0.2, -0.15) is 0 Å². The molecule has 1 saturated heterocycles. The van der Waals surface area contributed by atoms with Crippen molar-refractivity contribution in [3.8, 4) is 0 Å². The summed E-state index contributed by atoms with van der Waals surface area (Å²) in [5.74, 6) is 0.413. The second-order valence-electron chi connectivity index (χ2n) is 10.5. The molecule has 0 bridgehead atoms. The molecule has 5 heteroatoms. The van der Waals surface area contributed by atoms with Crippen LogP contribution in [0.25, 0.3) is 0 Å². The molecular weight excluding hydrogens is 344 g/mol. The van der Waals surface area contributed by atoms with E-state index in [2.05, 4.69) is 19.9 Å². The van der Waals surface area contributed by atoms with E-state index in [0.29, 0.717) is 6.10 Å². The van der Waals surface area contributed by atoms with Crippen LogP contribution in [0.1, 0.15) is 52.9 Å². The number of rotatable bonds is 3. The van der Waals surface area contributed by atoms with Crippen molar-refractivity contribution in [1.82, 2.24) is 0 Å². The van der Waals surface area contributed by atoms with Crippen molar-refractivity contribution in [1.29, 1.82) is 0 Å². The van der Waals surface area contributed by atoms with Gasteiger partial charge >= 0.3 is 5.97 Å². The monoisotopic (exact) mass is 376 g/mol. The Bertz CT molecular complexity index is 699. The summed E-state index contributed by atoms with van der Waals surface area (Å²) in [6, 6.07) is 0. The topological polar surface area (TPSA) is 79.3 Å². The van der Waals surface area contributed by atoms with Gasteiger partial charge in [0.1, 0.15) is 6.10 Å². The highest BCUT2D eigenvalue weighted by Crippen LogP contribution is 2.74. The predicted octanol–water partition coefficient (Wildman–Crippen LogP) is 2.45. The van der Waals surface area contributed by atoms with Gasteiger partial charge in [-0.25, -0.2) is 0 Å². The smallest absolute Gasteiger partial charge is 0.302 e. The highest BCUT2D eigenvalue weighted by Gasteiger charge is 2.72. The van der Waals surface area contributed by atoms with Gasteiger partial charge < -0.3 is 19.7 Å². The van der Waals surface area contributed by atoms with E-state index in [-0.39, 0.29) is 58.8 Å². The van der Waals surface area contributed by atoms with Gasteiger partial charge in [0.25, 0.3) is 0 Å². The van der Waals surface area contributed by atoms with Crippen LogP contribution in [0.4, 0.5) is 0 Å². The third kappa shape index (κ3) is 2.44. The third-order valence-electron chi connectivity index (χ3n) is 8.91. The lowest BCUT2D eigenvalue weighted by Gasteiger charge is -2.58. The fourth-order valence-electron chi connectivity index (χ4n) is 7.34. The van der Waals surface area contributed by atoms with E-state index in [9.17, 15) is 15.0 Å². The number of epoxide rings is 1. The summed E-state index contributed by atoms with van der Waals surface area (Å²) in [6.45, 7) is 7.01. The lowest BCUT2D eigenvalue weighted by atomic mass is 9.48. The molecule has 4 fully saturated rings. The van der Waals surface area contributed by atoms with E-state index in [1.165, 1.54) is 12.5 Å². The van der Waals surface area contributed by atoms with Gasteiger partial charge in [-0.1, -0.05) is 25.5 Å². The standard InChI is InChI=1S/C22H32O5/c1-12(24)27-17-9-21(3)14-4-5-20(2,19-10-26-19)7-13(14)16(25)6-18(21)22(11-23)8-15(17)22/h4,13,15-19,23,25H,5-11H2,1-3H3. The molecule has 0 radical (unpaired) electrons. The van der Waals surface area contributed by atoms with E-state index < -0.39 is 0 Å². The van der Waals surface area contributed by atoms with E-state index in [4.69, 9.17) is 9.47 Å². The van der Waals surface area contributed by atoms with Crippen LogP contribution in [0.3, 0.4) is 0 Å². The van der Waals surface area contributed by atoms with Crippen LogP contribution in [0.5, 0.6) is 0 Å². The minimum absolute atomic E-state index is 0.110. The molecule has 4 aliphatic carbocycles. The number of hydrogen-bond donors (Lipinski definition) is 2. The Morgan fingerprint density at radius 2 is 2.07 bits per heavy atom. The molecule has 0 aromatic heterocycles. The lowest BCUT2D eigenvalue weighted by molar-refractivity contribution is -0.158. The number of fused-ring (bicyclic) bond motifs is 5. The number of esters is 1. The Morgan fingerprint density at radius 3 is 2.70 bits per heavy atom. The van der Waals surface area contributed by atoms with Crippen LogP contribution < -0.4 is 0 Å². The first kappa shape index (κ1) is 18.1. The normalized spacial score (nSPS) is 55.5. The summed E-state index contributed by atoms with van der Waals surface area (Å²) in [7, 11) is 0. The van der Waals surface area contributed by atoms with Gasteiger partial charge in [0, 0.05) is 36.2 Å².